The number of hydrogen-bond acceptors (Lipinski definition) is 4. The van der Waals surface area contributed by atoms with E-state index < -0.39 is 0 Å². The molecule has 40 heavy (non-hydrogen) atoms. The Morgan fingerprint density at radius 1 is 1.07 bits per heavy atom. The number of benzene rings is 2. The van der Waals surface area contributed by atoms with Crippen LogP contribution in [0.25, 0.3) is 10.9 Å². The summed E-state index contributed by atoms with van der Waals surface area (Å²) in [5.74, 6) is -0.140. The highest BCUT2D eigenvalue weighted by Crippen LogP contribution is 2.26. The van der Waals surface area contributed by atoms with Crippen LogP contribution in [0.3, 0.4) is 0 Å². The van der Waals surface area contributed by atoms with E-state index in [4.69, 9.17) is 12.2 Å². The molecule has 2 aromatic carbocycles. The van der Waals surface area contributed by atoms with Crippen molar-refractivity contribution >= 4 is 46.3 Å². The molecule has 9 heteroatoms. The fraction of sp³-hybridized carbons (Fsp3) is 0.419. The van der Waals surface area contributed by atoms with E-state index in [0.29, 0.717) is 23.3 Å². The van der Waals surface area contributed by atoms with E-state index in [1.807, 2.05) is 72.3 Å². The molecular formula is C31H40N6O2S. The summed E-state index contributed by atoms with van der Waals surface area (Å²) in [5.41, 5.74) is 5.58. The number of nitrogens with zero attached hydrogens (tertiary/aromatic N) is 2. The first kappa shape index (κ1) is 29.3. The highest BCUT2D eigenvalue weighted by molar-refractivity contribution is 7.80. The third kappa shape index (κ3) is 7.91. The Kier molecular flexibility index (Phi) is 10.3. The highest BCUT2D eigenvalue weighted by atomic mass is 32.1. The van der Waals surface area contributed by atoms with Crippen molar-refractivity contribution < 1.29 is 9.59 Å². The Morgan fingerprint density at radius 3 is 2.55 bits per heavy atom. The second-order valence-electron chi connectivity index (χ2n) is 10.9. The Morgan fingerprint density at radius 2 is 1.80 bits per heavy atom. The average molecular weight is 561 g/mol. The van der Waals surface area contributed by atoms with Gasteiger partial charge in [-0.2, -0.15) is 5.10 Å². The smallest absolute Gasteiger partial charge is 0.268 e. The first-order chi connectivity index (χ1) is 19.3. The summed E-state index contributed by atoms with van der Waals surface area (Å²) in [6.07, 6.45) is 5.91. The van der Waals surface area contributed by atoms with Crippen molar-refractivity contribution in [3.05, 3.63) is 71.9 Å². The Balaban J connectivity index is 1.35. The molecule has 2 amide bonds. The summed E-state index contributed by atoms with van der Waals surface area (Å²) in [6, 6.07) is 19.3. The molecule has 1 unspecified atom stereocenters. The van der Waals surface area contributed by atoms with Crippen molar-refractivity contribution in [1.82, 2.24) is 25.9 Å². The van der Waals surface area contributed by atoms with Crippen LogP contribution >= 0.6 is 12.2 Å². The first-order valence-corrected chi connectivity index (χ1v) is 14.5. The molecular weight excluding hydrogens is 520 g/mol. The van der Waals surface area contributed by atoms with Gasteiger partial charge in [0.1, 0.15) is 5.69 Å². The molecule has 8 nitrogen and oxygen atoms in total. The van der Waals surface area contributed by atoms with E-state index in [-0.39, 0.29) is 29.8 Å². The van der Waals surface area contributed by atoms with Gasteiger partial charge in [0, 0.05) is 36.8 Å². The summed E-state index contributed by atoms with van der Waals surface area (Å²) >= 11 is 5.34. The Labute approximate surface area is 242 Å². The molecule has 0 radical (unpaired) electrons. The molecule has 3 aromatic rings. The van der Waals surface area contributed by atoms with E-state index in [0.717, 1.165) is 48.6 Å². The van der Waals surface area contributed by atoms with Gasteiger partial charge in [-0.3, -0.25) is 15.0 Å². The molecule has 0 aliphatic heterocycles. The summed E-state index contributed by atoms with van der Waals surface area (Å²) in [7, 11) is 1.90. The molecule has 0 spiro atoms. The number of thiocarbonyl (C=S) groups is 1. The van der Waals surface area contributed by atoms with Crippen LogP contribution in [0, 0.1) is 11.8 Å². The fourth-order valence-electron chi connectivity index (χ4n) is 5.32. The molecule has 4 rings (SSSR count). The van der Waals surface area contributed by atoms with Gasteiger partial charge in [0.15, 0.2) is 5.11 Å². The third-order valence-electron chi connectivity index (χ3n) is 7.37. The third-order valence-corrected chi connectivity index (χ3v) is 7.61. The number of aryl methyl sites for hydroxylation is 1. The second-order valence-corrected chi connectivity index (χ2v) is 11.3. The van der Waals surface area contributed by atoms with Crippen molar-refractivity contribution in [3.8, 4) is 0 Å². The van der Waals surface area contributed by atoms with Crippen LogP contribution in [0.5, 0.6) is 0 Å². The van der Waals surface area contributed by atoms with Crippen LogP contribution in [-0.4, -0.2) is 39.8 Å². The molecule has 3 atom stereocenters. The van der Waals surface area contributed by atoms with Gasteiger partial charge in [-0.05, 0) is 55.1 Å². The van der Waals surface area contributed by atoms with Gasteiger partial charge in [-0.15, -0.1) is 0 Å². The maximum Gasteiger partial charge on any atom is 0.268 e. The quantitative estimate of drug-likeness (QED) is 0.164. The van der Waals surface area contributed by atoms with E-state index in [2.05, 4.69) is 40.3 Å². The highest BCUT2D eigenvalue weighted by Gasteiger charge is 2.33. The van der Waals surface area contributed by atoms with Crippen molar-refractivity contribution in [2.75, 3.05) is 0 Å². The average Bonchev–Trinajstić information content (AvgIpc) is 3.29. The van der Waals surface area contributed by atoms with Crippen LogP contribution in [0.4, 0.5) is 0 Å². The van der Waals surface area contributed by atoms with Crippen molar-refractivity contribution in [3.63, 3.8) is 0 Å². The predicted octanol–water partition coefficient (Wildman–Crippen LogP) is 4.65. The number of aromatic nitrogens is 1. The second kappa shape index (κ2) is 14.1. The van der Waals surface area contributed by atoms with Crippen LogP contribution < -0.4 is 21.4 Å². The van der Waals surface area contributed by atoms with Crippen molar-refractivity contribution in [2.45, 2.75) is 64.6 Å². The lowest BCUT2D eigenvalue weighted by molar-refractivity contribution is -0.127. The SMILES string of the molecule is CC(C)CC(C=NNC(=S)NCc1ccccc1)NC(=O)[C@@H]1CCCC[C@@H]1NC(=O)c1cc2ccccc2n1C. The molecule has 1 heterocycles. The zero-order chi connectivity index (χ0) is 28.5. The molecule has 212 valence electrons. The number of fused-ring (bicyclic) bond motifs is 1. The number of amides is 2. The van der Waals surface area contributed by atoms with Crippen LogP contribution in [0.1, 0.15) is 62.0 Å². The summed E-state index contributed by atoms with van der Waals surface area (Å²) in [6.45, 7) is 4.82. The molecule has 1 saturated carbocycles. The minimum Gasteiger partial charge on any atom is -0.357 e. The molecule has 1 fully saturated rings. The van der Waals surface area contributed by atoms with Crippen LogP contribution in [0.2, 0.25) is 0 Å². The largest absolute Gasteiger partial charge is 0.357 e. The minimum absolute atomic E-state index is 0.0519. The van der Waals surface area contributed by atoms with Crippen molar-refractivity contribution in [1.29, 1.82) is 0 Å². The van der Waals surface area contributed by atoms with Gasteiger partial charge >= 0.3 is 0 Å². The van der Waals surface area contributed by atoms with E-state index in [1.54, 1.807) is 6.21 Å². The molecule has 0 bridgehead atoms. The van der Waals surface area contributed by atoms with Gasteiger partial charge in [-0.1, -0.05) is 75.2 Å². The van der Waals surface area contributed by atoms with Crippen molar-refractivity contribution in [2.24, 2.45) is 24.0 Å². The zero-order valence-electron chi connectivity index (χ0n) is 23.5. The number of carbonyl (C=O) groups excluding carboxylic acids is 2. The molecule has 1 aliphatic rings. The number of hydrazone groups is 1. The maximum absolute atomic E-state index is 13.5. The first-order valence-electron chi connectivity index (χ1n) is 14.1. The fourth-order valence-corrected chi connectivity index (χ4v) is 5.45. The number of nitrogens with one attached hydrogen (secondary N) is 4. The monoisotopic (exact) mass is 560 g/mol. The normalized spacial score (nSPS) is 18.0. The van der Waals surface area contributed by atoms with Gasteiger partial charge in [0.2, 0.25) is 5.91 Å². The predicted molar refractivity (Wildman–Crippen MR) is 165 cm³/mol. The number of rotatable bonds is 10. The zero-order valence-corrected chi connectivity index (χ0v) is 24.3. The van der Waals surface area contributed by atoms with Gasteiger partial charge in [0.25, 0.3) is 5.91 Å². The lowest BCUT2D eigenvalue weighted by atomic mass is 9.83. The van der Waals surface area contributed by atoms with E-state index in [9.17, 15) is 9.59 Å². The number of carbonyl (C=O) groups is 2. The van der Waals surface area contributed by atoms with Gasteiger partial charge in [-0.25, -0.2) is 0 Å². The standard InChI is InChI=1S/C31H40N6O2S/c1-21(2)17-24(20-33-36-31(40)32-19-22-11-5-4-6-12-22)34-29(38)25-14-8-9-15-26(25)35-30(39)28-18-23-13-7-10-16-27(23)37(28)3/h4-7,10-13,16,18,20-21,24-26H,8-9,14-15,17,19H2,1-3H3,(H,34,38)(H,35,39)(H2,32,36,40)/t24?,25-,26+/m1/s1. The molecule has 1 aromatic heterocycles. The number of hydrogen-bond donors (Lipinski definition) is 4. The van der Waals surface area contributed by atoms with E-state index >= 15 is 0 Å². The molecule has 4 N–H and O–H groups in total. The van der Waals surface area contributed by atoms with Gasteiger partial charge in [0.05, 0.1) is 12.0 Å². The van der Waals surface area contributed by atoms with Crippen LogP contribution in [0.15, 0.2) is 65.8 Å². The summed E-state index contributed by atoms with van der Waals surface area (Å²) in [4.78, 5) is 26.8. The van der Waals surface area contributed by atoms with Crippen LogP contribution in [-0.2, 0) is 18.4 Å². The van der Waals surface area contributed by atoms with E-state index in [1.165, 1.54) is 0 Å². The lowest BCUT2D eigenvalue weighted by Crippen LogP contribution is -2.51. The maximum atomic E-state index is 13.5. The lowest BCUT2D eigenvalue weighted by Gasteiger charge is -2.32. The molecule has 0 saturated heterocycles. The van der Waals surface area contributed by atoms with Gasteiger partial charge < -0.3 is 20.5 Å². The molecule has 1 aliphatic carbocycles. The minimum atomic E-state index is -0.294. The topological polar surface area (TPSA) is 99.6 Å². The summed E-state index contributed by atoms with van der Waals surface area (Å²) in [5, 5.41) is 15.2. The Bertz CT molecular complexity index is 1340. The summed E-state index contributed by atoms with van der Waals surface area (Å²) < 4.78 is 1.91. The number of para-hydroxylation sites is 1. The Hall–Kier alpha value is -3.72.